The number of ether oxygens (including phenoxy) is 3. The number of methoxy groups -OCH3 is 2. The van der Waals surface area contributed by atoms with Gasteiger partial charge in [0, 0.05) is 29.4 Å². The molecule has 4 atom stereocenters. The molecule has 4 aromatic carbocycles. The van der Waals surface area contributed by atoms with Gasteiger partial charge in [0.25, 0.3) is 0 Å². The number of nitrogens with one attached hydrogen (secondary N) is 1. The predicted molar refractivity (Wildman–Crippen MR) is 172 cm³/mol. The maximum Gasteiger partial charge on any atom is 0.308 e. The minimum Gasteiger partial charge on any atom is -0.493 e. The number of esters is 1. The number of carbonyl (C=O) groups excluding carboxylic acids is 4. The van der Waals surface area contributed by atoms with E-state index in [0.717, 1.165) is 11.3 Å². The molecule has 3 heterocycles. The molecule has 9 nitrogen and oxygen atoms in total. The number of fused-ring (bicyclic) bond motifs is 6. The Morgan fingerprint density at radius 2 is 1.50 bits per heavy atom. The molecule has 0 aromatic heterocycles. The highest BCUT2D eigenvalue weighted by Crippen LogP contribution is 2.58. The number of rotatable bonds is 7. The van der Waals surface area contributed by atoms with Crippen LogP contribution < -0.4 is 24.4 Å². The molecule has 1 fully saturated rings. The molecule has 1 spiro atoms. The maximum atomic E-state index is 15.1. The van der Waals surface area contributed by atoms with Crippen molar-refractivity contribution in [3.63, 3.8) is 0 Å². The molecule has 0 unspecified atom stereocenters. The molecule has 3 aliphatic heterocycles. The van der Waals surface area contributed by atoms with Crippen LogP contribution in [0.3, 0.4) is 0 Å². The number of hydrogen-bond donors (Lipinski definition) is 1. The van der Waals surface area contributed by atoms with Crippen molar-refractivity contribution in [3.05, 3.63) is 119 Å². The molecule has 1 amide bonds. The number of benzene rings is 4. The van der Waals surface area contributed by atoms with E-state index < -0.39 is 29.4 Å². The highest BCUT2D eigenvalue weighted by molar-refractivity contribution is 6.18. The number of anilines is 2. The fourth-order valence-corrected chi connectivity index (χ4v) is 7.31. The Labute approximate surface area is 265 Å². The Hall–Kier alpha value is -5.70. The summed E-state index contributed by atoms with van der Waals surface area (Å²) in [4.78, 5) is 57.9. The molecule has 0 radical (unpaired) electrons. The zero-order valence-electron chi connectivity index (χ0n) is 25.4. The van der Waals surface area contributed by atoms with E-state index >= 15 is 4.79 Å². The summed E-state index contributed by atoms with van der Waals surface area (Å²) in [5.41, 5.74) is 1.98. The standard InChI is InChI=1S/C37H30N2O7/c1-21(40)46-25-16-12-23(13-17-25)35(42)33-32(34(41)24-14-18-29(44-2)30(20-24)45-3)37(26-9-5-6-10-27(26)38-36(37)43)31-19-15-22-8-4-7-11-28(22)39(31)33/h4-20,31-33H,1-3H3,(H,38,43)/t31-,32+,33+,37-/m1/s1. The van der Waals surface area contributed by atoms with Gasteiger partial charge in [-0.3, -0.25) is 19.2 Å². The van der Waals surface area contributed by atoms with Gasteiger partial charge in [0.2, 0.25) is 5.91 Å². The van der Waals surface area contributed by atoms with Crippen molar-refractivity contribution in [2.45, 2.75) is 24.4 Å². The van der Waals surface area contributed by atoms with E-state index in [1.807, 2.05) is 65.6 Å². The molecule has 9 heteroatoms. The second-order valence-corrected chi connectivity index (χ2v) is 11.5. The monoisotopic (exact) mass is 614 g/mol. The van der Waals surface area contributed by atoms with Crippen molar-refractivity contribution in [1.82, 2.24) is 0 Å². The first-order chi connectivity index (χ1) is 22.3. The van der Waals surface area contributed by atoms with Crippen LogP contribution in [0.4, 0.5) is 11.4 Å². The van der Waals surface area contributed by atoms with Crippen LogP contribution in [-0.2, 0) is 15.0 Å². The van der Waals surface area contributed by atoms with Crippen LogP contribution >= 0.6 is 0 Å². The molecule has 1 N–H and O–H groups in total. The van der Waals surface area contributed by atoms with Crippen molar-refractivity contribution >= 4 is 40.9 Å². The summed E-state index contributed by atoms with van der Waals surface area (Å²) in [5, 5.41) is 3.03. The fourth-order valence-electron chi connectivity index (χ4n) is 7.31. The second-order valence-electron chi connectivity index (χ2n) is 11.5. The Morgan fingerprint density at radius 3 is 2.24 bits per heavy atom. The average Bonchev–Trinajstić information content (AvgIpc) is 3.55. The van der Waals surface area contributed by atoms with E-state index in [0.29, 0.717) is 28.3 Å². The van der Waals surface area contributed by atoms with Gasteiger partial charge in [-0.05, 0) is 65.7 Å². The predicted octanol–water partition coefficient (Wildman–Crippen LogP) is 5.49. The summed E-state index contributed by atoms with van der Waals surface area (Å²) < 4.78 is 16.1. The maximum absolute atomic E-state index is 15.1. The van der Waals surface area contributed by atoms with Gasteiger partial charge in [-0.1, -0.05) is 48.6 Å². The average molecular weight is 615 g/mol. The molecular formula is C37H30N2O7. The molecule has 7 rings (SSSR count). The lowest BCUT2D eigenvalue weighted by molar-refractivity contribution is -0.131. The van der Waals surface area contributed by atoms with Crippen molar-refractivity contribution < 1.29 is 33.4 Å². The minimum absolute atomic E-state index is 0.277. The van der Waals surface area contributed by atoms with Crippen LogP contribution in [0, 0.1) is 5.92 Å². The second kappa shape index (κ2) is 11.0. The normalized spacial score (nSPS) is 22.0. The lowest BCUT2D eigenvalue weighted by Gasteiger charge is -2.37. The Morgan fingerprint density at radius 1 is 0.804 bits per heavy atom. The molecule has 0 saturated carbocycles. The third-order valence-corrected chi connectivity index (χ3v) is 9.16. The van der Waals surface area contributed by atoms with E-state index in [4.69, 9.17) is 14.2 Å². The first-order valence-corrected chi connectivity index (χ1v) is 14.8. The number of para-hydroxylation sites is 2. The third kappa shape index (κ3) is 4.23. The highest BCUT2D eigenvalue weighted by Gasteiger charge is 2.70. The van der Waals surface area contributed by atoms with Crippen LogP contribution in [0.25, 0.3) is 6.08 Å². The van der Waals surface area contributed by atoms with E-state index in [1.54, 1.807) is 42.5 Å². The minimum atomic E-state index is -1.46. The number of carbonyl (C=O) groups is 4. The molecule has 0 aliphatic carbocycles. The Balaban J connectivity index is 1.48. The van der Waals surface area contributed by atoms with Crippen LogP contribution in [-0.4, -0.2) is 49.7 Å². The quantitative estimate of drug-likeness (QED) is 0.165. The number of hydrogen-bond acceptors (Lipinski definition) is 8. The highest BCUT2D eigenvalue weighted by atomic mass is 16.5. The number of nitrogens with zero attached hydrogens (tertiary/aromatic N) is 1. The van der Waals surface area contributed by atoms with Gasteiger partial charge in [0.15, 0.2) is 23.1 Å². The summed E-state index contributed by atoms with van der Waals surface area (Å²) in [5.74, 6) is -1.65. The first kappa shape index (κ1) is 29.0. The van der Waals surface area contributed by atoms with Gasteiger partial charge in [-0.2, -0.15) is 0 Å². The third-order valence-electron chi connectivity index (χ3n) is 9.16. The molecule has 0 bridgehead atoms. The molecule has 4 aromatic rings. The largest absolute Gasteiger partial charge is 0.493 e. The first-order valence-electron chi connectivity index (χ1n) is 14.8. The summed E-state index contributed by atoms with van der Waals surface area (Å²) in [6, 6.07) is 24.3. The topological polar surface area (TPSA) is 111 Å². The summed E-state index contributed by atoms with van der Waals surface area (Å²) >= 11 is 0. The van der Waals surface area contributed by atoms with Gasteiger partial charge in [-0.25, -0.2) is 0 Å². The summed E-state index contributed by atoms with van der Waals surface area (Å²) in [6.07, 6.45) is 3.88. The molecule has 1 saturated heterocycles. The smallest absolute Gasteiger partial charge is 0.308 e. The van der Waals surface area contributed by atoms with Gasteiger partial charge >= 0.3 is 5.97 Å². The van der Waals surface area contributed by atoms with Crippen molar-refractivity contribution in [3.8, 4) is 17.2 Å². The fraction of sp³-hybridized carbons (Fsp3) is 0.189. The molecular weight excluding hydrogens is 584 g/mol. The lowest BCUT2D eigenvalue weighted by Crippen LogP contribution is -2.51. The molecule has 46 heavy (non-hydrogen) atoms. The SMILES string of the molecule is COc1ccc(C(=O)[C@@H]2[C@@H](C(=O)c3ccc(OC(C)=O)cc3)N3c4ccccc4C=C[C@@H]3[C@@]23C(=O)Nc2ccccc23)cc1OC. The van der Waals surface area contributed by atoms with Gasteiger partial charge < -0.3 is 24.4 Å². The van der Waals surface area contributed by atoms with E-state index in [2.05, 4.69) is 5.32 Å². The Bertz CT molecular complexity index is 1950. The van der Waals surface area contributed by atoms with Gasteiger partial charge in [0.1, 0.15) is 17.2 Å². The van der Waals surface area contributed by atoms with Crippen molar-refractivity contribution in [2.24, 2.45) is 5.92 Å². The summed E-state index contributed by atoms with van der Waals surface area (Å²) in [7, 11) is 2.99. The van der Waals surface area contributed by atoms with E-state index in [9.17, 15) is 14.4 Å². The molecule has 3 aliphatic rings. The lowest BCUT2D eigenvalue weighted by atomic mass is 9.64. The van der Waals surface area contributed by atoms with Crippen LogP contribution in [0.1, 0.15) is 38.8 Å². The van der Waals surface area contributed by atoms with Crippen LogP contribution in [0.15, 0.2) is 97.1 Å². The van der Waals surface area contributed by atoms with E-state index in [1.165, 1.54) is 21.1 Å². The van der Waals surface area contributed by atoms with Crippen molar-refractivity contribution in [2.75, 3.05) is 24.4 Å². The Kier molecular flexibility index (Phi) is 6.96. The van der Waals surface area contributed by atoms with Gasteiger partial charge in [0.05, 0.1) is 26.2 Å². The summed E-state index contributed by atoms with van der Waals surface area (Å²) in [6.45, 7) is 1.30. The van der Waals surface area contributed by atoms with Crippen LogP contribution in [0.5, 0.6) is 17.2 Å². The zero-order valence-corrected chi connectivity index (χ0v) is 25.4. The van der Waals surface area contributed by atoms with E-state index in [-0.39, 0.29) is 28.8 Å². The van der Waals surface area contributed by atoms with Crippen molar-refractivity contribution in [1.29, 1.82) is 0 Å². The van der Waals surface area contributed by atoms with Crippen LogP contribution in [0.2, 0.25) is 0 Å². The number of ketones is 2. The zero-order chi connectivity index (χ0) is 32.2. The number of amides is 1. The molecule has 230 valence electrons. The number of Topliss-reactive ketones (excluding diaryl/α,β-unsaturated/α-hetero) is 2. The van der Waals surface area contributed by atoms with Gasteiger partial charge in [-0.15, -0.1) is 0 Å².